The molecule has 7 heteroatoms. The van der Waals surface area contributed by atoms with Crippen molar-refractivity contribution in [2.24, 2.45) is 5.10 Å². The number of carbonyl (C=O) groups excluding carboxylic acids is 1. The van der Waals surface area contributed by atoms with Crippen molar-refractivity contribution in [3.05, 3.63) is 74.8 Å². The summed E-state index contributed by atoms with van der Waals surface area (Å²) in [6.45, 7) is 1.72. The summed E-state index contributed by atoms with van der Waals surface area (Å²) in [7, 11) is 0. The monoisotopic (exact) mass is 317 g/mol. The number of nitrogens with one attached hydrogen (secondary N) is 1. The predicted molar refractivity (Wildman–Crippen MR) is 84.2 cm³/mol. The van der Waals surface area contributed by atoms with Crippen molar-refractivity contribution in [3.63, 3.8) is 0 Å². The van der Waals surface area contributed by atoms with Crippen LogP contribution in [0, 0.1) is 10.1 Å². The van der Waals surface area contributed by atoms with Crippen LogP contribution in [0.3, 0.4) is 0 Å². The highest BCUT2D eigenvalue weighted by Crippen LogP contribution is 2.16. The van der Waals surface area contributed by atoms with Crippen LogP contribution in [0.15, 0.2) is 53.6 Å². The molecule has 0 bridgehead atoms. The number of halogens is 1. The molecular weight excluding hydrogens is 306 g/mol. The first-order chi connectivity index (χ1) is 10.5. The first kappa shape index (κ1) is 15.7. The van der Waals surface area contributed by atoms with E-state index in [1.165, 1.54) is 24.3 Å². The standard InChI is InChI=1S/C15H12ClN3O3/c1-10(13-4-2-3-5-14(13)16)17-18-15(20)11-6-8-12(9-7-11)19(21)22/h2-9H,1H3,(H,18,20). The quantitative estimate of drug-likeness (QED) is 0.533. The van der Waals surface area contributed by atoms with Gasteiger partial charge in [0, 0.05) is 28.3 Å². The molecule has 0 saturated carbocycles. The number of nitrogens with zero attached hydrogens (tertiary/aromatic N) is 2. The van der Waals surface area contributed by atoms with Crippen LogP contribution in [0.1, 0.15) is 22.8 Å². The summed E-state index contributed by atoms with van der Waals surface area (Å²) in [4.78, 5) is 22.0. The number of benzene rings is 2. The number of nitro benzene ring substituents is 1. The van der Waals surface area contributed by atoms with Crippen molar-refractivity contribution in [2.45, 2.75) is 6.92 Å². The maximum atomic E-state index is 11.9. The molecular formula is C15H12ClN3O3. The molecule has 6 nitrogen and oxygen atoms in total. The number of hydrazone groups is 1. The lowest BCUT2D eigenvalue weighted by Gasteiger charge is -2.04. The first-order valence-corrected chi connectivity index (χ1v) is 6.71. The molecule has 0 unspecified atom stereocenters. The summed E-state index contributed by atoms with van der Waals surface area (Å²) in [5.74, 6) is -0.457. The van der Waals surface area contributed by atoms with Gasteiger partial charge >= 0.3 is 0 Å². The molecule has 0 atom stereocenters. The fourth-order valence-electron chi connectivity index (χ4n) is 1.75. The zero-order valence-corrected chi connectivity index (χ0v) is 12.4. The van der Waals surface area contributed by atoms with E-state index in [0.29, 0.717) is 16.3 Å². The summed E-state index contributed by atoms with van der Waals surface area (Å²) in [5.41, 5.74) is 3.87. The molecule has 0 heterocycles. The molecule has 0 aliphatic heterocycles. The summed E-state index contributed by atoms with van der Waals surface area (Å²) >= 11 is 6.04. The van der Waals surface area contributed by atoms with E-state index < -0.39 is 10.8 Å². The Kier molecular flexibility index (Phi) is 4.85. The Bertz CT molecular complexity index is 742. The minimum absolute atomic E-state index is 0.0766. The number of hydrogen-bond acceptors (Lipinski definition) is 4. The van der Waals surface area contributed by atoms with E-state index in [1.54, 1.807) is 25.1 Å². The van der Waals surface area contributed by atoms with Crippen LogP contribution >= 0.6 is 11.6 Å². The Morgan fingerprint density at radius 3 is 2.41 bits per heavy atom. The van der Waals surface area contributed by atoms with E-state index in [0.717, 1.165) is 0 Å². The Morgan fingerprint density at radius 2 is 1.82 bits per heavy atom. The lowest BCUT2D eigenvalue weighted by Crippen LogP contribution is -2.19. The summed E-state index contributed by atoms with van der Waals surface area (Å²) in [5, 5.41) is 15.1. The number of non-ortho nitro benzene ring substituents is 1. The molecule has 2 aromatic rings. The average molecular weight is 318 g/mol. The van der Waals surface area contributed by atoms with E-state index in [1.807, 2.05) is 6.07 Å². The molecule has 0 spiro atoms. The molecule has 112 valence electrons. The molecule has 2 aromatic carbocycles. The van der Waals surface area contributed by atoms with Crippen molar-refractivity contribution in [2.75, 3.05) is 0 Å². The van der Waals surface area contributed by atoms with Gasteiger partial charge in [0.25, 0.3) is 11.6 Å². The number of carbonyl (C=O) groups is 1. The van der Waals surface area contributed by atoms with E-state index in [2.05, 4.69) is 10.5 Å². The van der Waals surface area contributed by atoms with E-state index >= 15 is 0 Å². The molecule has 0 saturated heterocycles. The van der Waals surface area contributed by atoms with Gasteiger partial charge < -0.3 is 0 Å². The van der Waals surface area contributed by atoms with Gasteiger partial charge in [-0.05, 0) is 25.1 Å². The van der Waals surface area contributed by atoms with Crippen molar-refractivity contribution in [1.82, 2.24) is 5.43 Å². The van der Waals surface area contributed by atoms with Gasteiger partial charge in [0.05, 0.1) is 10.6 Å². The van der Waals surface area contributed by atoms with Crippen LogP contribution < -0.4 is 5.43 Å². The smallest absolute Gasteiger partial charge is 0.267 e. The van der Waals surface area contributed by atoms with E-state index in [-0.39, 0.29) is 11.3 Å². The third-order valence-corrected chi connectivity index (χ3v) is 3.26. The second-order valence-corrected chi connectivity index (χ2v) is 4.83. The number of amides is 1. The van der Waals surface area contributed by atoms with Gasteiger partial charge in [0.1, 0.15) is 0 Å². The van der Waals surface area contributed by atoms with Gasteiger partial charge in [0.15, 0.2) is 0 Å². The molecule has 0 aliphatic carbocycles. The maximum absolute atomic E-state index is 11.9. The topological polar surface area (TPSA) is 84.6 Å². The largest absolute Gasteiger partial charge is 0.271 e. The Hall–Kier alpha value is -2.73. The Balaban J connectivity index is 2.10. The van der Waals surface area contributed by atoms with Gasteiger partial charge in [-0.15, -0.1) is 0 Å². The van der Waals surface area contributed by atoms with Crippen molar-refractivity contribution in [3.8, 4) is 0 Å². The zero-order chi connectivity index (χ0) is 16.1. The fourth-order valence-corrected chi connectivity index (χ4v) is 2.02. The van der Waals surface area contributed by atoms with E-state index in [4.69, 9.17) is 11.6 Å². The maximum Gasteiger partial charge on any atom is 0.271 e. The lowest BCUT2D eigenvalue weighted by molar-refractivity contribution is -0.384. The summed E-state index contributed by atoms with van der Waals surface area (Å²) < 4.78 is 0. The molecule has 0 radical (unpaired) electrons. The highest BCUT2D eigenvalue weighted by Gasteiger charge is 2.09. The van der Waals surface area contributed by atoms with Crippen LogP contribution in [-0.2, 0) is 0 Å². The van der Waals surface area contributed by atoms with Crippen LogP contribution in [0.2, 0.25) is 5.02 Å². The number of nitro groups is 1. The van der Waals surface area contributed by atoms with Gasteiger partial charge in [-0.1, -0.05) is 29.8 Å². The lowest BCUT2D eigenvalue weighted by atomic mass is 10.1. The molecule has 0 fully saturated rings. The van der Waals surface area contributed by atoms with Crippen molar-refractivity contribution >= 4 is 28.9 Å². The molecule has 0 aromatic heterocycles. The number of hydrogen-bond donors (Lipinski definition) is 1. The minimum Gasteiger partial charge on any atom is -0.267 e. The predicted octanol–water partition coefficient (Wildman–Crippen LogP) is 3.40. The molecule has 1 amide bonds. The fraction of sp³-hybridized carbons (Fsp3) is 0.0667. The van der Waals surface area contributed by atoms with Crippen molar-refractivity contribution in [1.29, 1.82) is 0 Å². The van der Waals surface area contributed by atoms with Crippen molar-refractivity contribution < 1.29 is 9.72 Å². The molecule has 22 heavy (non-hydrogen) atoms. The van der Waals surface area contributed by atoms with Crippen LogP contribution in [0.25, 0.3) is 0 Å². The van der Waals surface area contributed by atoms with E-state index in [9.17, 15) is 14.9 Å². The number of rotatable bonds is 4. The second kappa shape index (κ2) is 6.82. The van der Waals surface area contributed by atoms with Crippen LogP contribution in [-0.4, -0.2) is 16.5 Å². The molecule has 0 aliphatic rings. The highest BCUT2D eigenvalue weighted by molar-refractivity contribution is 6.34. The molecule has 1 N–H and O–H groups in total. The summed E-state index contributed by atoms with van der Waals surface area (Å²) in [6.07, 6.45) is 0. The van der Waals surface area contributed by atoms with Crippen LogP contribution in [0.4, 0.5) is 5.69 Å². The Morgan fingerprint density at radius 1 is 1.18 bits per heavy atom. The van der Waals surface area contributed by atoms with Gasteiger partial charge in [-0.25, -0.2) is 5.43 Å². The normalized spacial score (nSPS) is 11.1. The zero-order valence-electron chi connectivity index (χ0n) is 11.6. The highest BCUT2D eigenvalue weighted by atomic mass is 35.5. The van der Waals surface area contributed by atoms with Gasteiger partial charge in [-0.2, -0.15) is 5.10 Å². The van der Waals surface area contributed by atoms with Gasteiger partial charge in [0.2, 0.25) is 0 Å². The average Bonchev–Trinajstić information content (AvgIpc) is 2.52. The first-order valence-electron chi connectivity index (χ1n) is 6.33. The second-order valence-electron chi connectivity index (χ2n) is 4.42. The summed E-state index contributed by atoms with van der Waals surface area (Å²) in [6, 6.07) is 12.4. The third-order valence-electron chi connectivity index (χ3n) is 2.93. The molecule has 2 rings (SSSR count). The minimum atomic E-state index is -0.526. The Labute approximate surface area is 131 Å². The SMILES string of the molecule is CC(=NNC(=O)c1ccc([N+](=O)[O-])cc1)c1ccccc1Cl. The van der Waals surface area contributed by atoms with Crippen LogP contribution in [0.5, 0.6) is 0 Å². The third kappa shape index (κ3) is 3.67. The van der Waals surface area contributed by atoms with Gasteiger partial charge in [-0.3, -0.25) is 14.9 Å².